The molecule has 0 saturated carbocycles. The smallest absolute Gasteiger partial charge is 0.251 e. The van der Waals surface area contributed by atoms with Gasteiger partial charge in [0.2, 0.25) is 0 Å². The Morgan fingerprint density at radius 3 is 2.47 bits per heavy atom. The molecule has 0 aliphatic carbocycles. The van der Waals surface area contributed by atoms with Gasteiger partial charge < -0.3 is 10.0 Å². The summed E-state index contributed by atoms with van der Waals surface area (Å²) in [5.41, 5.74) is 0. The number of rotatable bonds is 3. The number of hydrogen-bond acceptors (Lipinski definition) is 2. The lowest BCUT2D eigenvalue weighted by molar-refractivity contribution is -0.144. The van der Waals surface area contributed by atoms with Gasteiger partial charge in [0, 0.05) is 13.1 Å². The monoisotopic (exact) mass is 213 g/mol. The average Bonchev–Trinajstić information content (AvgIpc) is 2.27. The van der Waals surface area contributed by atoms with Crippen LogP contribution in [0.1, 0.15) is 40.0 Å². The van der Waals surface area contributed by atoms with E-state index in [4.69, 9.17) is 0 Å². The summed E-state index contributed by atoms with van der Waals surface area (Å²) in [5.74, 6) is 0.711. The summed E-state index contributed by atoms with van der Waals surface area (Å²) in [5, 5.41) is 9.81. The minimum atomic E-state index is -0.802. The lowest BCUT2D eigenvalue weighted by atomic mass is 9.96. The number of amides is 1. The van der Waals surface area contributed by atoms with Gasteiger partial charge in [0.15, 0.2) is 0 Å². The summed E-state index contributed by atoms with van der Waals surface area (Å²) in [4.78, 5) is 13.7. The van der Waals surface area contributed by atoms with E-state index in [1.54, 1.807) is 0 Å². The third kappa shape index (κ3) is 3.20. The van der Waals surface area contributed by atoms with Crippen molar-refractivity contribution in [2.45, 2.75) is 46.1 Å². The third-order valence-corrected chi connectivity index (χ3v) is 3.53. The minimum absolute atomic E-state index is 0.0665. The summed E-state index contributed by atoms with van der Waals surface area (Å²) in [6, 6.07) is 0. The highest BCUT2D eigenvalue weighted by Gasteiger charge is 2.28. The Kier molecular flexibility index (Phi) is 4.58. The second-order valence-corrected chi connectivity index (χ2v) is 4.84. The molecule has 1 fully saturated rings. The van der Waals surface area contributed by atoms with Crippen LogP contribution >= 0.6 is 0 Å². The highest BCUT2D eigenvalue weighted by molar-refractivity contribution is 5.81. The van der Waals surface area contributed by atoms with Crippen molar-refractivity contribution in [2.24, 2.45) is 11.8 Å². The van der Waals surface area contributed by atoms with Crippen LogP contribution in [0.15, 0.2) is 0 Å². The zero-order valence-electron chi connectivity index (χ0n) is 10.1. The maximum absolute atomic E-state index is 11.9. The van der Waals surface area contributed by atoms with E-state index in [1.165, 1.54) is 0 Å². The molecule has 88 valence electrons. The van der Waals surface area contributed by atoms with Gasteiger partial charge >= 0.3 is 0 Å². The largest absolute Gasteiger partial charge is 0.383 e. The predicted octanol–water partition coefficient (Wildman–Crippen LogP) is 1.65. The minimum Gasteiger partial charge on any atom is -0.383 e. The number of piperidine rings is 1. The van der Waals surface area contributed by atoms with Crippen LogP contribution in [0.3, 0.4) is 0 Å². The van der Waals surface area contributed by atoms with Crippen molar-refractivity contribution in [3.05, 3.63) is 0 Å². The van der Waals surface area contributed by atoms with E-state index < -0.39 is 6.10 Å². The van der Waals surface area contributed by atoms with E-state index >= 15 is 0 Å². The van der Waals surface area contributed by atoms with Gasteiger partial charge in [-0.25, -0.2) is 0 Å². The van der Waals surface area contributed by atoms with Crippen LogP contribution in [0.5, 0.6) is 0 Å². The Morgan fingerprint density at radius 1 is 1.47 bits per heavy atom. The van der Waals surface area contributed by atoms with Crippen LogP contribution in [0.2, 0.25) is 0 Å². The molecule has 2 atom stereocenters. The molecule has 3 nitrogen and oxygen atoms in total. The molecular weight excluding hydrogens is 190 g/mol. The van der Waals surface area contributed by atoms with Crippen LogP contribution in [-0.2, 0) is 4.79 Å². The molecule has 1 amide bonds. The van der Waals surface area contributed by atoms with Gasteiger partial charge in [-0.2, -0.15) is 0 Å². The lowest BCUT2D eigenvalue weighted by Crippen LogP contribution is -2.45. The quantitative estimate of drug-likeness (QED) is 0.774. The van der Waals surface area contributed by atoms with Crippen molar-refractivity contribution in [3.63, 3.8) is 0 Å². The lowest BCUT2D eigenvalue weighted by Gasteiger charge is -2.32. The molecule has 0 spiro atoms. The van der Waals surface area contributed by atoms with Gasteiger partial charge in [-0.3, -0.25) is 4.79 Å². The van der Waals surface area contributed by atoms with Crippen molar-refractivity contribution in [1.29, 1.82) is 0 Å². The van der Waals surface area contributed by atoms with E-state index in [0.29, 0.717) is 0 Å². The van der Waals surface area contributed by atoms with Crippen LogP contribution in [-0.4, -0.2) is 35.1 Å². The molecule has 1 N–H and O–H groups in total. The molecule has 0 radical (unpaired) electrons. The number of aliphatic hydroxyl groups is 1. The van der Waals surface area contributed by atoms with E-state index in [9.17, 15) is 9.90 Å². The fraction of sp³-hybridized carbons (Fsp3) is 0.917. The zero-order chi connectivity index (χ0) is 11.4. The van der Waals surface area contributed by atoms with Gasteiger partial charge in [0.05, 0.1) is 0 Å². The number of likely N-dealkylation sites (tertiary alicyclic amines) is 1. The fourth-order valence-corrected chi connectivity index (χ4v) is 1.88. The Bertz CT molecular complexity index is 210. The first-order chi connectivity index (χ1) is 7.06. The molecule has 1 saturated heterocycles. The van der Waals surface area contributed by atoms with E-state index in [-0.39, 0.29) is 11.8 Å². The van der Waals surface area contributed by atoms with E-state index in [2.05, 4.69) is 6.92 Å². The standard InChI is InChI=1S/C12H23NO2/c1-4-10(3)11(14)12(15)13-7-5-9(2)6-8-13/h9-11,14H,4-8H2,1-3H3. The summed E-state index contributed by atoms with van der Waals surface area (Å²) in [7, 11) is 0. The fourth-order valence-electron chi connectivity index (χ4n) is 1.88. The SMILES string of the molecule is CCC(C)C(O)C(=O)N1CCC(C)CC1. The topological polar surface area (TPSA) is 40.5 Å². The molecule has 1 aliphatic rings. The number of aliphatic hydroxyl groups excluding tert-OH is 1. The zero-order valence-corrected chi connectivity index (χ0v) is 10.1. The van der Waals surface area contributed by atoms with Gasteiger partial charge in [-0.05, 0) is 24.7 Å². The summed E-state index contributed by atoms with van der Waals surface area (Å²) < 4.78 is 0. The normalized spacial score (nSPS) is 22.5. The Labute approximate surface area is 92.5 Å². The molecule has 0 aromatic carbocycles. The van der Waals surface area contributed by atoms with E-state index in [0.717, 1.165) is 38.3 Å². The van der Waals surface area contributed by atoms with Crippen molar-refractivity contribution in [1.82, 2.24) is 4.90 Å². The van der Waals surface area contributed by atoms with Crippen LogP contribution in [0, 0.1) is 11.8 Å². The van der Waals surface area contributed by atoms with Gasteiger partial charge in [0.25, 0.3) is 5.91 Å². The van der Waals surface area contributed by atoms with Gasteiger partial charge in [-0.15, -0.1) is 0 Å². The van der Waals surface area contributed by atoms with Crippen LogP contribution in [0.4, 0.5) is 0 Å². The molecule has 0 aromatic heterocycles. The number of carbonyl (C=O) groups excluding carboxylic acids is 1. The first-order valence-electron chi connectivity index (χ1n) is 6.03. The summed E-state index contributed by atoms with van der Waals surface area (Å²) in [6.45, 7) is 7.77. The van der Waals surface area contributed by atoms with Crippen LogP contribution in [0.25, 0.3) is 0 Å². The average molecular weight is 213 g/mol. The molecular formula is C12H23NO2. The Morgan fingerprint density at radius 2 is 2.00 bits per heavy atom. The second kappa shape index (κ2) is 5.50. The molecule has 1 rings (SSSR count). The van der Waals surface area contributed by atoms with Crippen molar-refractivity contribution >= 4 is 5.91 Å². The molecule has 0 bridgehead atoms. The Hall–Kier alpha value is -0.570. The first kappa shape index (κ1) is 12.5. The molecule has 2 unspecified atom stereocenters. The van der Waals surface area contributed by atoms with Crippen LogP contribution < -0.4 is 0 Å². The summed E-state index contributed by atoms with van der Waals surface area (Å²) in [6.07, 6.45) is 2.18. The highest BCUT2D eigenvalue weighted by Crippen LogP contribution is 2.18. The highest BCUT2D eigenvalue weighted by atomic mass is 16.3. The van der Waals surface area contributed by atoms with E-state index in [1.807, 2.05) is 18.7 Å². The first-order valence-corrected chi connectivity index (χ1v) is 6.03. The maximum Gasteiger partial charge on any atom is 0.251 e. The van der Waals surface area contributed by atoms with Crippen molar-refractivity contribution in [2.75, 3.05) is 13.1 Å². The van der Waals surface area contributed by atoms with Crippen molar-refractivity contribution in [3.8, 4) is 0 Å². The van der Waals surface area contributed by atoms with Gasteiger partial charge in [-0.1, -0.05) is 27.2 Å². The predicted molar refractivity (Wildman–Crippen MR) is 60.4 cm³/mol. The van der Waals surface area contributed by atoms with Crippen molar-refractivity contribution < 1.29 is 9.90 Å². The third-order valence-electron chi connectivity index (χ3n) is 3.53. The van der Waals surface area contributed by atoms with Gasteiger partial charge in [0.1, 0.15) is 6.10 Å². The molecule has 1 aliphatic heterocycles. The Balaban J connectivity index is 2.46. The second-order valence-electron chi connectivity index (χ2n) is 4.84. The molecule has 1 heterocycles. The molecule has 0 aromatic rings. The number of hydrogen-bond donors (Lipinski definition) is 1. The number of nitrogens with zero attached hydrogens (tertiary/aromatic N) is 1. The maximum atomic E-state index is 11.9. The molecule has 15 heavy (non-hydrogen) atoms. The molecule has 3 heteroatoms. The summed E-state index contributed by atoms with van der Waals surface area (Å²) >= 11 is 0. The number of carbonyl (C=O) groups is 1.